The van der Waals surface area contributed by atoms with Gasteiger partial charge in [0.05, 0.1) is 25.4 Å². The van der Waals surface area contributed by atoms with Crippen LogP contribution in [-0.4, -0.2) is 64.2 Å². The zero-order chi connectivity index (χ0) is 40.1. The number of fused-ring (bicyclic) bond motifs is 5. The number of unbranched alkanes of at least 4 members (excludes halogenated alkanes) is 10. The van der Waals surface area contributed by atoms with Crippen LogP contribution in [0.1, 0.15) is 195 Å². The molecule has 0 aromatic heterocycles. The Labute approximate surface area is 348 Å². The van der Waals surface area contributed by atoms with E-state index in [1.54, 1.807) is 5.57 Å². The summed E-state index contributed by atoms with van der Waals surface area (Å²) in [5.74, 6) is 4.62. The molecular formula is C52H93NO3. The molecule has 0 N–H and O–H groups in total. The number of ether oxygens (including phenoxy) is 3. The maximum Gasteiger partial charge on any atom is 0.0644 e. The number of nitrogens with zero attached hydrogens (tertiary/aromatic N) is 1. The standard InChI is InChI=1S/C52H93NO3/c1-8-9-10-11-12-13-14-15-16-17-18-19-20-21-22-23-37-54-41-46(53(6)7)42-55-38-24-25-39-56-47-33-35-52(5)45(40-47)29-31-48-49-32-30-44(28-26-27-43(2)3)51(49,4)36-34-50(48)52/h12-13,15-16,29,43-44,46-50H,8-11,14,17-28,30-42H2,1-7H3/b13-12-,16-15-/t44?,46-,47+,48+,49+,50+,51-,52+/m1/s1. The van der Waals surface area contributed by atoms with Crippen molar-refractivity contribution in [1.29, 1.82) is 0 Å². The molecule has 0 saturated heterocycles. The van der Waals surface area contributed by atoms with Gasteiger partial charge in [0.25, 0.3) is 0 Å². The molecule has 0 aliphatic heterocycles. The van der Waals surface area contributed by atoms with E-state index in [1.165, 1.54) is 141 Å². The number of rotatable bonds is 30. The van der Waals surface area contributed by atoms with Gasteiger partial charge in [-0.3, -0.25) is 0 Å². The fourth-order valence-corrected chi connectivity index (χ4v) is 11.7. The summed E-state index contributed by atoms with van der Waals surface area (Å²) in [6.07, 6.45) is 45.4. The van der Waals surface area contributed by atoms with Gasteiger partial charge in [-0.15, -0.1) is 0 Å². The molecule has 1 unspecified atom stereocenters. The zero-order valence-corrected chi connectivity index (χ0v) is 38.3. The van der Waals surface area contributed by atoms with E-state index in [4.69, 9.17) is 14.2 Å². The van der Waals surface area contributed by atoms with Crippen molar-refractivity contribution in [3.8, 4) is 0 Å². The predicted octanol–water partition coefficient (Wildman–Crippen LogP) is 14.3. The van der Waals surface area contributed by atoms with Crippen molar-refractivity contribution in [3.63, 3.8) is 0 Å². The molecule has 4 rings (SSSR count). The Bertz CT molecular complexity index is 1130. The lowest BCUT2D eigenvalue weighted by Crippen LogP contribution is -2.50. The van der Waals surface area contributed by atoms with Crippen molar-refractivity contribution in [2.75, 3.05) is 47.1 Å². The maximum absolute atomic E-state index is 6.55. The van der Waals surface area contributed by atoms with Crippen molar-refractivity contribution in [1.82, 2.24) is 4.90 Å². The van der Waals surface area contributed by atoms with E-state index < -0.39 is 0 Å². The van der Waals surface area contributed by atoms with Crippen LogP contribution in [-0.2, 0) is 14.2 Å². The summed E-state index contributed by atoms with van der Waals surface area (Å²) in [6, 6.07) is 0.318. The zero-order valence-electron chi connectivity index (χ0n) is 38.3. The molecule has 0 radical (unpaired) electrons. The first-order valence-electron chi connectivity index (χ1n) is 24.6. The van der Waals surface area contributed by atoms with E-state index in [1.807, 2.05) is 0 Å². The predicted molar refractivity (Wildman–Crippen MR) is 241 cm³/mol. The van der Waals surface area contributed by atoms with Gasteiger partial charge in [0.1, 0.15) is 0 Å². The molecule has 324 valence electrons. The lowest BCUT2D eigenvalue weighted by atomic mass is 9.47. The van der Waals surface area contributed by atoms with Crippen LogP contribution in [0.5, 0.6) is 0 Å². The average Bonchev–Trinajstić information content (AvgIpc) is 3.51. The molecule has 0 spiro atoms. The molecule has 4 aliphatic rings. The Morgan fingerprint density at radius 2 is 1.39 bits per heavy atom. The Balaban J connectivity index is 0.993. The summed E-state index contributed by atoms with van der Waals surface area (Å²) in [4.78, 5) is 2.26. The first kappa shape index (κ1) is 47.7. The SMILES string of the molecule is CCCCC/C=C\C/C=C\CCCCCCCCOC[C@H](COCCCCO[C@H]1CC[C@@]2(C)C(=CC[C@@H]3[C@@H]2CC[C@]2(C)C(CCCC(C)C)CC[C@@H]32)C1)N(C)C. The van der Waals surface area contributed by atoms with Crippen molar-refractivity contribution in [2.45, 2.75) is 207 Å². The summed E-state index contributed by atoms with van der Waals surface area (Å²) in [5.41, 5.74) is 2.78. The van der Waals surface area contributed by atoms with E-state index in [-0.39, 0.29) is 0 Å². The molecule has 0 heterocycles. The molecule has 0 aromatic rings. The van der Waals surface area contributed by atoms with Crippen molar-refractivity contribution in [2.24, 2.45) is 40.4 Å². The maximum atomic E-state index is 6.55. The lowest BCUT2D eigenvalue weighted by Gasteiger charge is -2.58. The molecule has 0 amide bonds. The topological polar surface area (TPSA) is 30.9 Å². The summed E-state index contributed by atoms with van der Waals surface area (Å²) in [7, 11) is 4.29. The number of allylic oxidation sites excluding steroid dienone is 5. The first-order chi connectivity index (χ1) is 27.2. The molecule has 4 aliphatic carbocycles. The van der Waals surface area contributed by atoms with Gasteiger partial charge in [-0.25, -0.2) is 0 Å². The van der Waals surface area contributed by atoms with Crippen molar-refractivity contribution in [3.05, 3.63) is 36.0 Å². The third-order valence-corrected chi connectivity index (χ3v) is 15.5. The monoisotopic (exact) mass is 780 g/mol. The quantitative estimate of drug-likeness (QED) is 0.0537. The van der Waals surface area contributed by atoms with Gasteiger partial charge in [-0.2, -0.15) is 0 Å². The van der Waals surface area contributed by atoms with Gasteiger partial charge in [0, 0.05) is 19.8 Å². The Hall–Kier alpha value is -0.940. The van der Waals surface area contributed by atoms with Crippen LogP contribution in [0.3, 0.4) is 0 Å². The molecule has 4 heteroatoms. The Morgan fingerprint density at radius 1 is 0.732 bits per heavy atom. The number of likely N-dealkylation sites (N-methyl/N-ethyl adjacent to an activating group) is 1. The molecule has 56 heavy (non-hydrogen) atoms. The summed E-state index contributed by atoms with van der Waals surface area (Å²) in [5, 5.41) is 0. The first-order valence-corrected chi connectivity index (χ1v) is 24.6. The second kappa shape index (κ2) is 26.3. The molecule has 3 fully saturated rings. The highest BCUT2D eigenvalue weighted by atomic mass is 16.5. The summed E-state index contributed by atoms with van der Waals surface area (Å²) < 4.78 is 18.8. The van der Waals surface area contributed by atoms with Crippen molar-refractivity contribution >= 4 is 0 Å². The second-order valence-electron chi connectivity index (χ2n) is 20.2. The number of hydrogen-bond donors (Lipinski definition) is 0. The van der Waals surface area contributed by atoms with Gasteiger partial charge >= 0.3 is 0 Å². The van der Waals surface area contributed by atoms with Crippen LogP contribution < -0.4 is 0 Å². The Morgan fingerprint density at radius 3 is 2.09 bits per heavy atom. The van der Waals surface area contributed by atoms with Crippen LogP contribution >= 0.6 is 0 Å². The van der Waals surface area contributed by atoms with Gasteiger partial charge in [-0.05, 0) is 164 Å². The van der Waals surface area contributed by atoms with E-state index in [2.05, 4.69) is 84.0 Å². The largest absolute Gasteiger partial charge is 0.380 e. The average molecular weight is 780 g/mol. The molecule has 0 aromatic carbocycles. The van der Waals surface area contributed by atoms with Crippen molar-refractivity contribution < 1.29 is 14.2 Å². The van der Waals surface area contributed by atoms with E-state index in [0.717, 1.165) is 81.9 Å². The number of hydrogen-bond acceptors (Lipinski definition) is 4. The van der Waals surface area contributed by atoms with Gasteiger partial charge in [0.15, 0.2) is 0 Å². The van der Waals surface area contributed by atoms with E-state index >= 15 is 0 Å². The van der Waals surface area contributed by atoms with Crippen LogP contribution in [0.15, 0.2) is 36.0 Å². The highest BCUT2D eigenvalue weighted by molar-refractivity contribution is 5.25. The fraction of sp³-hybridized carbons (Fsp3) is 0.885. The molecule has 3 saturated carbocycles. The van der Waals surface area contributed by atoms with Crippen LogP contribution in [0, 0.1) is 40.4 Å². The smallest absolute Gasteiger partial charge is 0.0644 e. The normalized spacial score (nSPS) is 29.7. The molecular weight excluding hydrogens is 687 g/mol. The van der Waals surface area contributed by atoms with Gasteiger partial charge < -0.3 is 19.1 Å². The lowest BCUT2D eigenvalue weighted by molar-refractivity contribution is -0.0593. The summed E-state index contributed by atoms with van der Waals surface area (Å²) in [6.45, 7) is 16.5. The third kappa shape index (κ3) is 15.3. The molecule has 8 atom stereocenters. The molecule has 4 nitrogen and oxygen atoms in total. The van der Waals surface area contributed by atoms with Crippen LogP contribution in [0.25, 0.3) is 0 Å². The highest BCUT2D eigenvalue weighted by Gasteiger charge is 2.58. The highest BCUT2D eigenvalue weighted by Crippen LogP contribution is 2.66. The van der Waals surface area contributed by atoms with Crippen LogP contribution in [0.4, 0.5) is 0 Å². The minimum absolute atomic E-state index is 0.318. The Kier molecular flexibility index (Phi) is 22.4. The minimum Gasteiger partial charge on any atom is -0.380 e. The van der Waals surface area contributed by atoms with E-state index in [9.17, 15) is 0 Å². The van der Waals surface area contributed by atoms with Gasteiger partial charge in [0.2, 0.25) is 0 Å². The third-order valence-electron chi connectivity index (χ3n) is 15.5. The fourth-order valence-electron chi connectivity index (χ4n) is 11.7. The second-order valence-corrected chi connectivity index (χ2v) is 20.2. The summed E-state index contributed by atoms with van der Waals surface area (Å²) >= 11 is 0. The minimum atomic E-state index is 0.318. The van der Waals surface area contributed by atoms with Crippen LogP contribution in [0.2, 0.25) is 0 Å². The molecule has 0 bridgehead atoms. The van der Waals surface area contributed by atoms with Gasteiger partial charge in [-0.1, -0.05) is 122 Å². The van der Waals surface area contributed by atoms with E-state index in [0.29, 0.717) is 23.0 Å².